The van der Waals surface area contributed by atoms with Crippen LogP contribution < -0.4 is 15.4 Å². The van der Waals surface area contributed by atoms with Gasteiger partial charge in [-0.05, 0) is 41.7 Å². The molecule has 2 heterocycles. The number of ether oxygens (including phenoxy) is 1. The lowest BCUT2D eigenvalue weighted by Crippen LogP contribution is -2.38. The first-order chi connectivity index (χ1) is 20.1. The van der Waals surface area contributed by atoms with Crippen LogP contribution in [-0.4, -0.2) is 16.0 Å². The van der Waals surface area contributed by atoms with E-state index in [-0.39, 0.29) is 11.6 Å². The highest BCUT2D eigenvalue weighted by atomic mass is 32.2. The molecule has 9 heteroatoms. The third-order valence-electron chi connectivity index (χ3n) is 7.15. The summed E-state index contributed by atoms with van der Waals surface area (Å²) >= 11 is 3.01. The summed E-state index contributed by atoms with van der Waals surface area (Å²) in [4.78, 5) is 15.3. The fourth-order valence-electron chi connectivity index (χ4n) is 5.23. The zero-order valence-electron chi connectivity index (χ0n) is 22.2. The molecule has 7 nitrogen and oxygen atoms in total. The number of rotatable bonds is 8. The highest BCUT2D eigenvalue weighted by Crippen LogP contribution is 2.47. The zero-order chi connectivity index (χ0) is 28.2. The number of nitriles is 1. The van der Waals surface area contributed by atoms with Crippen molar-refractivity contribution in [2.75, 3.05) is 4.90 Å². The maximum atomic E-state index is 13.5. The first-order valence-electron chi connectivity index (χ1n) is 13.4. The Morgan fingerprint density at radius 1 is 1.00 bits per heavy atom. The first-order valence-corrected chi connectivity index (χ1v) is 15.2. The van der Waals surface area contributed by atoms with E-state index in [4.69, 9.17) is 10.5 Å². The maximum absolute atomic E-state index is 13.5. The third-order valence-corrected chi connectivity index (χ3v) is 9.26. The molecule has 1 aromatic heterocycles. The zero-order valence-corrected chi connectivity index (χ0v) is 23.8. The van der Waals surface area contributed by atoms with E-state index < -0.39 is 5.92 Å². The minimum Gasteiger partial charge on any atom is -0.489 e. The molecule has 0 saturated carbocycles. The Kier molecular flexibility index (Phi) is 7.85. The number of nitrogens with zero attached hydrogens (tertiary/aromatic N) is 4. The molecule has 4 aromatic rings. The van der Waals surface area contributed by atoms with Crippen molar-refractivity contribution in [1.82, 2.24) is 10.2 Å². The molecule has 6 rings (SSSR count). The van der Waals surface area contributed by atoms with E-state index in [1.165, 1.54) is 16.9 Å². The van der Waals surface area contributed by atoms with Crippen LogP contribution in [0.2, 0.25) is 0 Å². The summed E-state index contributed by atoms with van der Waals surface area (Å²) in [6.45, 7) is 0.417. The molecule has 2 N–H and O–H groups in total. The van der Waals surface area contributed by atoms with Crippen molar-refractivity contribution in [3.8, 4) is 11.8 Å². The number of aromatic nitrogens is 2. The Morgan fingerprint density at radius 2 is 1.76 bits per heavy atom. The van der Waals surface area contributed by atoms with Gasteiger partial charge in [-0.2, -0.15) is 5.26 Å². The number of hydrogen-bond donors (Lipinski definition) is 1. The van der Waals surface area contributed by atoms with Crippen molar-refractivity contribution in [2.24, 2.45) is 5.73 Å². The predicted octanol–water partition coefficient (Wildman–Crippen LogP) is 6.71. The predicted molar refractivity (Wildman–Crippen MR) is 161 cm³/mol. The highest BCUT2D eigenvalue weighted by molar-refractivity contribution is 8.00. The summed E-state index contributed by atoms with van der Waals surface area (Å²) < 4.78 is 6.87. The summed E-state index contributed by atoms with van der Waals surface area (Å²) in [5.41, 5.74) is 11.5. The largest absolute Gasteiger partial charge is 0.489 e. The van der Waals surface area contributed by atoms with Gasteiger partial charge in [-0.1, -0.05) is 95.9 Å². The molecule has 1 aliphatic heterocycles. The molecule has 0 amide bonds. The molecule has 0 saturated heterocycles. The van der Waals surface area contributed by atoms with Crippen molar-refractivity contribution in [3.63, 3.8) is 0 Å². The number of carbonyl (C=O) groups is 1. The monoisotopic (exact) mass is 577 g/mol. The number of Topliss-reactive ketones (excluding diaryl/α,β-unsaturated/α-hetero) is 1. The number of hydrogen-bond acceptors (Lipinski definition) is 9. The minimum absolute atomic E-state index is 0.0281. The number of benzene rings is 3. The van der Waals surface area contributed by atoms with Gasteiger partial charge in [0, 0.05) is 23.4 Å². The van der Waals surface area contributed by atoms with Crippen LogP contribution in [0.3, 0.4) is 0 Å². The summed E-state index contributed by atoms with van der Waals surface area (Å²) in [5.74, 6) is 1.18. The second kappa shape index (κ2) is 12.0. The fraction of sp³-hybridized carbons (Fsp3) is 0.188. The third kappa shape index (κ3) is 5.62. The Labute approximate surface area is 247 Å². The number of carbonyl (C=O) groups excluding carboxylic acids is 1. The van der Waals surface area contributed by atoms with Gasteiger partial charge in [0.25, 0.3) is 0 Å². The van der Waals surface area contributed by atoms with Crippen LogP contribution in [0, 0.1) is 11.3 Å². The van der Waals surface area contributed by atoms with Crippen molar-refractivity contribution >= 4 is 34.0 Å². The van der Waals surface area contributed by atoms with Gasteiger partial charge in [0.2, 0.25) is 5.13 Å². The van der Waals surface area contributed by atoms with E-state index in [0.29, 0.717) is 47.9 Å². The fourth-order valence-corrected chi connectivity index (χ4v) is 7.07. The van der Waals surface area contributed by atoms with E-state index >= 15 is 0 Å². The number of nitrogens with two attached hydrogens (primary N) is 1. The first kappa shape index (κ1) is 26.8. The molecular weight excluding hydrogens is 551 g/mol. The van der Waals surface area contributed by atoms with Crippen molar-refractivity contribution in [3.05, 3.63) is 124 Å². The number of thioether (sulfide) groups is 1. The lowest BCUT2D eigenvalue weighted by molar-refractivity contribution is -0.116. The van der Waals surface area contributed by atoms with Crippen LogP contribution in [0.1, 0.15) is 41.9 Å². The van der Waals surface area contributed by atoms with Crippen LogP contribution in [0.25, 0.3) is 0 Å². The molecule has 2 aliphatic rings. The van der Waals surface area contributed by atoms with Gasteiger partial charge < -0.3 is 10.5 Å². The lowest BCUT2D eigenvalue weighted by Gasteiger charge is -2.38. The molecular formula is C32H27N5O2S2. The van der Waals surface area contributed by atoms with Crippen molar-refractivity contribution in [1.29, 1.82) is 5.26 Å². The van der Waals surface area contributed by atoms with Gasteiger partial charge in [-0.3, -0.25) is 9.69 Å². The molecule has 0 radical (unpaired) electrons. The molecule has 0 fully saturated rings. The van der Waals surface area contributed by atoms with E-state index in [2.05, 4.69) is 28.4 Å². The van der Waals surface area contributed by atoms with E-state index in [0.717, 1.165) is 26.9 Å². The number of anilines is 1. The van der Waals surface area contributed by atoms with Crippen LogP contribution >= 0.6 is 23.1 Å². The lowest BCUT2D eigenvalue weighted by atomic mass is 9.76. The summed E-state index contributed by atoms with van der Waals surface area (Å²) in [7, 11) is 0. The van der Waals surface area contributed by atoms with Crippen molar-refractivity contribution in [2.45, 2.75) is 41.9 Å². The minimum atomic E-state index is -0.570. The molecule has 0 bridgehead atoms. The number of allylic oxidation sites excluding steroid dienone is 3. The smallest absolute Gasteiger partial charge is 0.219 e. The second-order valence-corrected chi connectivity index (χ2v) is 12.0. The highest BCUT2D eigenvalue weighted by Gasteiger charge is 2.41. The van der Waals surface area contributed by atoms with Crippen LogP contribution in [0.15, 0.2) is 112 Å². The second-order valence-electron chi connectivity index (χ2n) is 9.79. The summed E-state index contributed by atoms with van der Waals surface area (Å²) in [6, 6.07) is 30.0. The molecule has 1 unspecified atom stereocenters. The SMILES string of the molecule is N#CC1=C(N)N(c2nnc(SCc3ccccc3)s2)C2=C(C(=O)CCC2)C1c1cccc(OCc2ccccc2)c1. The van der Waals surface area contributed by atoms with Crippen LogP contribution in [0.4, 0.5) is 5.13 Å². The van der Waals surface area contributed by atoms with Gasteiger partial charge in [0.1, 0.15) is 18.2 Å². The van der Waals surface area contributed by atoms with Gasteiger partial charge in [-0.25, -0.2) is 0 Å². The average molecular weight is 578 g/mol. The topological polar surface area (TPSA) is 105 Å². The standard InChI is InChI=1S/C32H27N5O2S2/c33-18-25-28(23-13-7-14-24(17-23)39-19-21-9-3-1-4-10-21)29-26(15-8-16-27(29)38)37(30(25)34)31-35-36-32(41-31)40-20-22-11-5-2-6-12-22/h1-7,9-14,17,28H,8,15-16,19-20,34H2. The molecule has 41 heavy (non-hydrogen) atoms. The van der Waals surface area contributed by atoms with Crippen molar-refractivity contribution < 1.29 is 9.53 Å². The average Bonchev–Trinajstić information content (AvgIpc) is 3.48. The van der Waals surface area contributed by atoms with Crippen LogP contribution in [0.5, 0.6) is 5.75 Å². The van der Waals surface area contributed by atoms with Crippen LogP contribution in [-0.2, 0) is 17.2 Å². The molecule has 3 aromatic carbocycles. The number of ketones is 1. The van der Waals surface area contributed by atoms with Gasteiger partial charge in [0.05, 0.1) is 17.6 Å². The van der Waals surface area contributed by atoms with Gasteiger partial charge in [-0.15, -0.1) is 10.2 Å². The quantitative estimate of drug-likeness (QED) is 0.230. The normalized spacial score (nSPS) is 16.9. The Balaban J connectivity index is 1.32. The molecule has 1 aliphatic carbocycles. The van der Waals surface area contributed by atoms with E-state index in [1.807, 2.05) is 72.8 Å². The summed E-state index contributed by atoms with van der Waals surface area (Å²) in [5, 5.41) is 19.7. The molecule has 1 atom stereocenters. The van der Waals surface area contributed by atoms with Gasteiger partial charge >= 0.3 is 0 Å². The molecule has 204 valence electrons. The van der Waals surface area contributed by atoms with E-state index in [1.54, 1.807) is 16.7 Å². The Hall–Kier alpha value is -4.39. The maximum Gasteiger partial charge on any atom is 0.219 e. The van der Waals surface area contributed by atoms with E-state index in [9.17, 15) is 10.1 Å². The Bertz CT molecular complexity index is 1670. The Morgan fingerprint density at radius 3 is 2.51 bits per heavy atom. The summed E-state index contributed by atoms with van der Waals surface area (Å²) in [6.07, 6.45) is 1.80. The molecule has 0 spiro atoms. The van der Waals surface area contributed by atoms with Gasteiger partial charge in [0.15, 0.2) is 10.1 Å².